The van der Waals surface area contributed by atoms with Gasteiger partial charge >= 0.3 is 0 Å². The second-order valence-corrected chi connectivity index (χ2v) is 5.93. The van der Waals surface area contributed by atoms with Crippen LogP contribution < -0.4 is 0 Å². The first-order chi connectivity index (χ1) is 8.97. The molecule has 19 heavy (non-hydrogen) atoms. The molecular formula is C14H17Cl2NO2. The number of Topliss-reactive ketones (excluding diaryl/α,β-unsaturated/α-hetero) is 1. The lowest BCUT2D eigenvalue weighted by atomic mass is 9.95. The summed E-state index contributed by atoms with van der Waals surface area (Å²) in [6.07, 6.45) is 0.561. The number of piperidine rings is 1. The van der Waals surface area contributed by atoms with Crippen LogP contribution in [0.25, 0.3) is 0 Å². The van der Waals surface area contributed by atoms with Gasteiger partial charge in [-0.05, 0) is 37.1 Å². The molecule has 1 N–H and O–H groups in total. The quantitative estimate of drug-likeness (QED) is 0.873. The Bertz CT molecular complexity index is 479. The van der Waals surface area contributed by atoms with Crippen molar-refractivity contribution < 1.29 is 9.90 Å². The summed E-state index contributed by atoms with van der Waals surface area (Å²) in [7, 11) is 0. The molecule has 1 saturated heterocycles. The van der Waals surface area contributed by atoms with Crippen LogP contribution in [0, 0.1) is 5.92 Å². The van der Waals surface area contributed by atoms with E-state index in [2.05, 4.69) is 0 Å². The molecule has 5 heteroatoms. The Morgan fingerprint density at radius 2 is 2.16 bits per heavy atom. The number of hydrogen-bond acceptors (Lipinski definition) is 3. The molecule has 0 aromatic heterocycles. The smallest absolute Gasteiger partial charge is 0.176 e. The zero-order valence-corrected chi connectivity index (χ0v) is 12.3. The molecule has 1 aliphatic rings. The maximum Gasteiger partial charge on any atom is 0.176 e. The van der Waals surface area contributed by atoms with E-state index < -0.39 is 0 Å². The average Bonchev–Trinajstić information content (AvgIpc) is 2.37. The SMILES string of the molecule is CC1CCN(CC(=O)c2ccc(Cl)c(Cl)c2)CC1O. The summed E-state index contributed by atoms with van der Waals surface area (Å²) in [5.41, 5.74) is 0.558. The van der Waals surface area contributed by atoms with Crippen molar-refractivity contribution in [3.63, 3.8) is 0 Å². The predicted molar refractivity (Wildman–Crippen MR) is 77.0 cm³/mol. The first-order valence-electron chi connectivity index (χ1n) is 6.36. The van der Waals surface area contributed by atoms with Crippen molar-refractivity contribution in [3.8, 4) is 0 Å². The number of nitrogens with zero attached hydrogens (tertiary/aromatic N) is 1. The molecule has 0 bridgehead atoms. The van der Waals surface area contributed by atoms with Gasteiger partial charge in [-0.25, -0.2) is 0 Å². The maximum absolute atomic E-state index is 12.1. The third-order valence-corrected chi connectivity index (χ3v) is 4.35. The molecule has 0 saturated carbocycles. The Balaban J connectivity index is 1.99. The minimum Gasteiger partial charge on any atom is -0.392 e. The molecule has 0 radical (unpaired) electrons. The highest BCUT2D eigenvalue weighted by molar-refractivity contribution is 6.42. The number of hydrogen-bond donors (Lipinski definition) is 1. The van der Waals surface area contributed by atoms with E-state index in [9.17, 15) is 9.90 Å². The number of benzene rings is 1. The average molecular weight is 302 g/mol. The molecule has 0 aliphatic carbocycles. The Kier molecular flexibility index (Phi) is 4.85. The van der Waals surface area contributed by atoms with Gasteiger partial charge in [-0.2, -0.15) is 0 Å². The van der Waals surface area contributed by atoms with Gasteiger partial charge in [0.15, 0.2) is 5.78 Å². The summed E-state index contributed by atoms with van der Waals surface area (Å²) in [4.78, 5) is 14.1. The summed E-state index contributed by atoms with van der Waals surface area (Å²) in [5.74, 6) is 0.302. The van der Waals surface area contributed by atoms with Gasteiger partial charge in [0.25, 0.3) is 0 Å². The predicted octanol–water partition coefficient (Wildman–Crippen LogP) is 2.88. The fourth-order valence-corrected chi connectivity index (χ4v) is 2.52. The molecule has 0 amide bonds. The van der Waals surface area contributed by atoms with Crippen molar-refractivity contribution >= 4 is 29.0 Å². The van der Waals surface area contributed by atoms with Crippen LogP contribution in [-0.4, -0.2) is 41.5 Å². The Morgan fingerprint density at radius 3 is 2.79 bits per heavy atom. The summed E-state index contributed by atoms with van der Waals surface area (Å²) in [5, 5.41) is 10.7. The van der Waals surface area contributed by atoms with Crippen LogP contribution in [-0.2, 0) is 0 Å². The van der Waals surface area contributed by atoms with Gasteiger partial charge in [-0.3, -0.25) is 9.69 Å². The van der Waals surface area contributed by atoms with E-state index in [-0.39, 0.29) is 11.9 Å². The van der Waals surface area contributed by atoms with Crippen molar-refractivity contribution in [2.24, 2.45) is 5.92 Å². The minimum atomic E-state index is -0.352. The van der Waals surface area contributed by atoms with Crippen molar-refractivity contribution in [2.45, 2.75) is 19.4 Å². The number of rotatable bonds is 3. The number of β-amino-alcohol motifs (C(OH)–C–C–N with tert-alkyl or cyclic N) is 1. The number of carbonyl (C=O) groups excluding carboxylic acids is 1. The highest BCUT2D eigenvalue weighted by Crippen LogP contribution is 2.23. The van der Waals surface area contributed by atoms with E-state index in [0.29, 0.717) is 34.6 Å². The maximum atomic E-state index is 12.1. The Labute approximate surface area is 123 Å². The number of aliphatic hydroxyl groups is 1. The molecule has 104 valence electrons. The fraction of sp³-hybridized carbons (Fsp3) is 0.500. The zero-order valence-electron chi connectivity index (χ0n) is 10.8. The lowest BCUT2D eigenvalue weighted by Crippen LogP contribution is -2.44. The van der Waals surface area contributed by atoms with Crippen molar-refractivity contribution in [1.82, 2.24) is 4.90 Å². The van der Waals surface area contributed by atoms with E-state index >= 15 is 0 Å². The monoisotopic (exact) mass is 301 g/mol. The van der Waals surface area contributed by atoms with Crippen molar-refractivity contribution in [2.75, 3.05) is 19.6 Å². The van der Waals surface area contributed by atoms with Gasteiger partial charge in [0.1, 0.15) is 0 Å². The lowest BCUT2D eigenvalue weighted by Gasteiger charge is -2.33. The third kappa shape index (κ3) is 3.69. The standard InChI is InChI=1S/C14H17Cl2NO2/c1-9-4-5-17(7-13(9)18)8-14(19)10-2-3-11(15)12(16)6-10/h2-3,6,9,13,18H,4-5,7-8H2,1H3. The van der Waals surface area contributed by atoms with Gasteiger partial charge in [0.2, 0.25) is 0 Å². The van der Waals surface area contributed by atoms with Crippen LogP contribution in [0.1, 0.15) is 23.7 Å². The van der Waals surface area contributed by atoms with Crippen LogP contribution in [0.4, 0.5) is 0 Å². The molecule has 2 unspecified atom stereocenters. The Morgan fingerprint density at radius 1 is 1.42 bits per heavy atom. The van der Waals surface area contributed by atoms with Gasteiger partial charge in [0.05, 0.1) is 22.7 Å². The van der Waals surface area contributed by atoms with Crippen LogP contribution in [0.3, 0.4) is 0 Å². The van der Waals surface area contributed by atoms with Crippen molar-refractivity contribution in [1.29, 1.82) is 0 Å². The highest BCUT2D eigenvalue weighted by atomic mass is 35.5. The van der Waals surface area contributed by atoms with Crippen LogP contribution in [0.2, 0.25) is 10.0 Å². The highest BCUT2D eigenvalue weighted by Gasteiger charge is 2.25. The van der Waals surface area contributed by atoms with E-state index in [0.717, 1.165) is 13.0 Å². The minimum absolute atomic E-state index is 0.000296. The molecule has 1 heterocycles. The van der Waals surface area contributed by atoms with Gasteiger partial charge in [-0.15, -0.1) is 0 Å². The summed E-state index contributed by atoms with van der Waals surface area (Å²) < 4.78 is 0. The van der Waals surface area contributed by atoms with Crippen molar-refractivity contribution in [3.05, 3.63) is 33.8 Å². The number of carbonyl (C=O) groups is 1. The molecule has 2 atom stereocenters. The van der Waals surface area contributed by atoms with Gasteiger partial charge in [-0.1, -0.05) is 30.1 Å². The molecular weight excluding hydrogens is 285 g/mol. The third-order valence-electron chi connectivity index (χ3n) is 3.61. The Hall–Kier alpha value is -0.610. The summed E-state index contributed by atoms with van der Waals surface area (Å²) >= 11 is 11.7. The van der Waals surface area contributed by atoms with Crippen LogP contribution in [0.5, 0.6) is 0 Å². The summed E-state index contributed by atoms with van der Waals surface area (Å²) in [6.45, 7) is 3.73. The van der Waals surface area contributed by atoms with E-state index in [1.165, 1.54) is 0 Å². The van der Waals surface area contributed by atoms with Crippen LogP contribution >= 0.6 is 23.2 Å². The molecule has 0 spiro atoms. The molecule has 3 nitrogen and oxygen atoms in total. The molecule has 1 aromatic rings. The molecule has 1 aromatic carbocycles. The first kappa shape index (κ1) is 14.8. The largest absolute Gasteiger partial charge is 0.392 e. The van der Waals surface area contributed by atoms with E-state index in [1.54, 1.807) is 18.2 Å². The first-order valence-corrected chi connectivity index (χ1v) is 7.11. The zero-order chi connectivity index (χ0) is 14.0. The molecule has 2 rings (SSSR count). The van der Waals surface area contributed by atoms with E-state index in [1.807, 2.05) is 11.8 Å². The van der Waals surface area contributed by atoms with Gasteiger partial charge < -0.3 is 5.11 Å². The number of ketones is 1. The lowest BCUT2D eigenvalue weighted by molar-refractivity contribution is 0.0295. The number of likely N-dealkylation sites (tertiary alicyclic amines) is 1. The topological polar surface area (TPSA) is 40.5 Å². The second kappa shape index (κ2) is 6.23. The normalized spacial score (nSPS) is 24.4. The van der Waals surface area contributed by atoms with Gasteiger partial charge in [0, 0.05) is 12.1 Å². The van der Waals surface area contributed by atoms with Crippen LogP contribution in [0.15, 0.2) is 18.2 Å². The molecule has 1 fully saturated rings. The summed E-state index contributed by atoms with van der Waals surface area (Å²) in [6, 6.07) is 4.90. The molecule has 1 aliphatic heterocycles. The number of aliphatic hydroxyl groups excluding tert-OH is 1. The van der Waals surface area contributed by atoms with E-state index in [4.69, 9.17) is 23.2 Å². The fourth-order valence-electron chi connectivity index (χ4n) is 2.22. The number of halogens is 2. The second-order valence-electron chi connectivity index (χ2n) is 5.12.